The zero-order valence-electron chi connectivity index (χ0n) is 26.7. The number of carbonyl (C=O) groups is 3. The van der Waals surface area contributed by atoms with Crippen LogP contribution in [0.3, 0.4) is 0 Å². The van der Waals surface area contributed by atoms with Crippen LogP contribution in [0, 0.1) is 11.8 Å². The summed E-state index contributed by atoms with van der Waals surface area (Å²) >= 11 is 0. The number of alkyl halides is 3. The van der Waals surface area contributed by atoms with Gasteiger partial charge in [0.2, 0.25) is 0 Å². The molecule has 1 amide bonds. The second-order valence-electron chi connectivity index (χ2n) is 11.5. The molecule has 1 aliphatic heterocycles. The lowest BCUT2D eigenvalue weighted by molar-refractivity contribution is -0.192. The molecule has 0 aliphatic carbocycles. The number of H-pyrrole nitrogens is 1. The number of aromatic nitrogens is 5. The number of pyridine rings is 2. The summed E-state index contributed by atoms with van der Waals surface area (Å²) in [7, 11) is 2.15. The molecule has 0 spiro atoms. The van der Waals surface area contributed by atoms with E-state index in [1.54, 1.807) is 36.7 Å². The first-order valence-electron chi connectivity index (χ1n) is 15.5. The number of carboxylic acid groups (broad SMARTS) is 2. The number of anilines is 1. The number of halogens is 3. The highest BCUT2D eigenvalue weighted by molar-refractivity contribution is 6.04. The summed E-state index contributed by atoms with van der Waals surface area (Å²) in [5.74, 6) is 2.41. The van der Waals surface area contributed by atoms with Crippen molar-refractivity contribution < 1.29 is 37.8 Å². The Kier molecular flexibility index (Phi) is 10.9. The predicted molar refractivity (Wildman–Crippen MR) is 177 cm³/mol. The minimum atomic E-state index is -5.08. The molecular weight excluding hydrogens is 655 g/mol. The number of aliphatic carboxylic acids is 1. The Morgan fingerprint density at radius 3 is 2.50 bits per heavy atom. The van der Waals surface area contributed by atoms with E-state index < -0.39 is 18.1 Å². The summed E-state index contributed by atoms with van der Waals surface area (Å²) in [6.45, 7) is 1.79. The molecule has 1 atom stereocenters. The first-order chi connectivity index (χ1) is 23.9. The number of hydrogen-bond acceptors (Lipinski definition) is 7. The zero-order chi connectivity index (χ0) is 35.8. The van der Waals surface area contributed by atoms with Crippen molar-refractivity contribution in [2.45, 2.75) is 44.4 Å². The number of unbranched alkanes of at least 4 members (excludes halogenated alkanes) is 1. The van der Waals surface area contributed by atoms with E-state index in [0.717, 1.165) is 41.4 Å². The molecule has 1 aliphatic rings. The highest BCUT2D eigenvalue weighted by Crippen LogP contribution is 2.32. The van der Waals surface area contributed by atoms with Crippen LogP contribution in [0.25, 0.3) is 22.0 Å². The summed E-state index contributed by atoms with van der Waals surface area (Å²) in [6.07, 6.45) is 4.23. The Bertz CT molecular complexity index is 2060. The fourth-order valence-electron chi connectivity index (χ4n) is 5.34. The van der Waals surface area contributed by atoms with Gasteiger partial charge in [-0.25, -0.2) is 19.6 Å². The van der Waals surface area contributed by atoms with Gasteiger partial charge in [0, 0.05) is 59.7 Å². The van der Waals surface area contributed by atoms with Crippen molar-refractivity contribution in [3.05, 3.63) is 95.8 Å². The molecule has 4 N–H and O–H groups in total. The van der Waals surface area contributed by atoms with E-state index in [4.69, 9.17) is 15.0 Å². The number of rotatable bonds is 8. The molecule has 15 heteroatoms. The Balaban J connectivity index is 0.000000630. The van der Waals surface area contributed by atoms with Crippen molar-refractivity contribution in [1.82, 2.24) is 29.6 Å². The Hall–Kier alpha value is -6.01. The van der Waals surface area contributed by atoms with E-state index in [1.165, 1.54) is 18.2 Å². The number of amides is 1. The van der Waals surface area contributed by atoms with Gasteiger partial charge in [0.15, 0.2) is 0 Å². The maximum absolute atomic E-state index is 12.9. The second kappa shape index (κ2) is 15.5. The van der Waals surface area contributed by atoms with Gasteiger partial charge < -0.3 is 20.5 Å². The van der Waals surface area contributed by atoms with Crippen molar-refractivity contribution in [3.63, 3.8) is 0 Å². The lowest BCUT2D eigenvalue weighted by atomic mass is 10.1. The van der Waals surface area contributed by atoms with Gasteiger partial charge >= 0.3 is 18.1 Å². The molecule has 5 heterocycles. The van der Waals surface area contributed by atoms with Gasteiger partial charge in [-0.05, 0) is 74.7 Å². The van der Waals surface area contributed by atoms with Gasteiger partial charge in [0.05, 0.1) is 11.7 Å². The Labute approximate surface area is 284 Å². The van der Waals surface area contributed by atoms with Crippen molar-refractivity contribution in [2.24, 2.45) is 0 Å². The normalized spacial score (nSPS) is 14.4. The number of carbonyl (C=O) groups excluding carboxylic acids is 1. The maximum Gasteiger partial charge on any atom is 0.490 e. The summed E-state index contributed by atoms with van der Waals surface area (Å²) in [6, 6.07) is 16.6. The van der Waals surface area contributed by atoms with E-state index in [9.17, 15) is 22.8 Å². The number of carboxylic acids is 2. The average molecular weight is 688 g/mol. The second-order valence-corrected chi connectivity index (χ2v) is 11.5. The highest BCUT2D eigenvalue weighted by Gasteiger charge is 2.38. The Morgan fingerprint density at radius 2 is 1.82 bits per heavy atom. The molecule has 0 radical (unpaired) electrons. The quantitative estimate of drug-likeness (QED) is 0.113. The SMILES string of the molecule is CN1CCC[C@@H]1c1cc2cnc(NC(=O)c3ccc(-c4cnn(CCCC#Cc5cccc(C(=O)O)n5)c4)cc3)cc2[nH]1.O=C(O)C(F)(F)F. The van der Waals surface area contributed by atoms with Crippen LogP contribution in [0.2, 0.25) is 0 Å². The molecule has 1 saturated heterocycles. The third-order valence-corrected chi connectivity index (χ3v) is 7.88. The minimum absolute atomic E-state index is 0.0166. The van der Waals surface area contributed by atoms with Crippen LogP contribution >= 0.6 is 0 Å². The van der Waals surface area contributed by atoms with E-state index in [-0.39, 0.29) is 11.6 Å². The van der Waals surface area contributed by atoms with Crippen LogP contribution in [0.15, 0.2) is 73.2 Å². The fraction of sp³-hybridized carbons (Fsp3) is 0.257. The summed E-state index contributed by atoms with van der Waals surface area (Å²) in [4.78, 5) is 47.2. The van der Waals surface area contributed by atoms with Gasteiger partial charge in [-0.2, -0.15) is 18.3 Å². The number of fused-ring (bicyclic) bond motifs is 1. The molecule has 0 bridgehead atoms. The smallest absolute Gasteiger partial charge is 0.477 e. The molecule has 0 saturated carbocycles. The first-order valence-corrected chi connectivity index (χ1v) is 15.5. The average Bonchev–Trinajstić information content (AvgIpc) is 3.84. The van der Waals surface area contributed by atoms with Gasteiger partial charge in [0.1, 0.15) is 17.2 Å². The number of aromatic amines is 1. The number of aromatic carboxylic acids is 1. The van der Waals surface area contributed by atoms with Gasteiger partial charge in [0.25, 0.3) is 5.91 Å². The lowest BCUT2D eigenvalue weighted by Crippen LogP contribution is -2.21. The lowest BCUT2D eigenvalue weighted by Gasteiger charge is -2.17. The molecule has 258 valence electrons. The summed E-state index contributed by atoms with van der Waals surface area (Å²) in [5, 5.41) is 24.6. The van der Waals surface area contributed by atoms with Crippen molar-refractivity contribution in [1.29, 1.82) is 0 Å². The van der Waals surface area contributed by atoms with Crippen LogP contribution in [-0.4, -0.2) is 77.5 Å². The van der Waals surface area contributed by atoms with E-state index in [2.05, 4.69) is 55.2 Å². The van der Waals surface area contributed by atoms with E-state index >= 15 is 0 Å². The van der Waals surface area contributed by atoms with Crippen molar-refractivity contribution >= 4 is 34.6 Å². The van der Waals surface area contributed by atoms with Gasteiger partial charge in [-0.15, -0.1) is 0 Å². The number of likely N-dealkylation sites (tertiary alicyclic amines) is 1. The van der Waals surface area contributed by atoms with E-state index in [0.29, 0.717) is 36.1 Å². The van der Waals surface area contributed by atoms with E-state index in [1.807, 2.05) is 29.1 Å². The maximum atomic E-state index is 12.9. The van der Waals surface area contributed by atoms with Crippen LogP contribution in [0.4, 0.5) is 19.0 Å². The third kappa shape index (κ3) is 9.11. The van der Waals surface area contributed by atoms with Gasteiger partial charge in [-0.3, -0.25) is 14.4 Å². The molecule has 0 unspecified atom stereocenters. The molecule has 4 aromatic heterocycles. The van der Waals surface area contributed by atoms with Crippen LogP contribution < -0.4 is 5.32 Å². The van der Waals surface area contributed by atoms with Crippen LogP contribution in [0.5, 0.6) is 0 Å². The molecule has 12 nitrogen and oxygen atoms in total. The highest BCUT2D eigenvalue weighted by atomic mass is 19.4. The standard InChI is InChI=1S/C33H31N7O3.C2HF3O2/c1-39-15-6-10-30(39)29-17-24-19-34-31(18-28(24)37-29)38-32(41)23-13-11-22(12-14-23)25-20-35-40(21-25)16-4-2-3-7-26-8-5-9-27(36-26)33(42)43;3-2(4,5)1(6)7/h5,8-9,11-14,17-21,30,37H,2,4,6,10,15-16H2,1H3,(H,42,43)(H,34,38,41);(H,6,7)/t30-;/m1./s1. The number of benzene rings is 1. The molecular formula is C35H32F3N7O5. The number of nitrogens with one attached hydrogen (secondary N) is 2. The summed E-state index contributed by atoms with van der Waals surface area (Å²) < 4.78 is 33.6. The minimum Gasteiger partial charge on any atom is -0.477 e. The number of hydrogen-bond donors (Lipinski definition) is 4. The number of nitrogens with zero attached hydrogens (tertiary/aromatic N) is 5. The molecule has 6 rings (SSSR count). The molecule has 1 aromatic carbocycles. The number of aryl methyl sites for hydroxylation is 1. The predicted octanol–water partition coefficient (Wildman–Crippen LogP) is 6.00. The summed E-state index contributed by atoms with van der Waals surface area (Å²) in [5.41, 5.74) is 5.03. The molecule has 50 heavy (non-hydrogen) atoms. The van der Waals surface area contributed by atoms with Crippen molar-refractivity contribution in [2.75, 3.05) is 18.9 Å². The zero-order valence-corrected chi connectivity index (χ0v) is 26.7. The largest absolute Gasteiger partial charge is 0.490 e. The van der Waals surface area contributed by atoms with Crippen LogP contribution in [-0.2, 0) is 11.3 Å². The monoisotopic (exact) mass is 687 g/mol. The third-order valence-electron chi connectivity index (χ3n) is 7.88. The Morgan fingerprint density at radius 1 is 1.06 bits per heavy atom. The topological polar surface area (TPSA) is 166 Å². The molecule has 1 fully saturated rings. The first kappa shape index (κ1) is 35.3. The molecule has 5 aromatic rings. The van der Waals surface area contributed by atoms with Crippen molar-refractivity contribution in [3.8, 4) is 23.0 Å². The fourth-order valence-corrected chi connectivity index (χ4v) is 5.34. The van der Waals surface area contributed by atoms with Crippen LogP contribution in [0.1, 0.15) is 64.0 Å². The van der Waals surface area contributed by atoms with Gasteiger partial charge in [-0.1, -0.05) is 24.1 Å².